The Labute approximate surface area is 341 Å². The highest BCUT2D eigenvalue weighted by molar-refractivity contribution is 5.72. The van der Waals surface area contributed by atoms with E-state index in [2.05, 4.69) is 0 Å². The van der Waals surface area contributed by atoms with Gasteiger partial charge in [-0.05, 0) is 60.0 Å². The molecule has 17 nitrogen and oxygen atoms in total. The van der Waals surface area contributed by atoms with Gasteiger partial charge in [-0.15, -0.1) is 0 Å². The van der Waals surface area contributed by atoms with Crippen LogP contribution in [0.3, 0.4) is 0 Å². The molecule has 0 aromatic rings. The molecule has 4 aliphatic rings. The maximum atomic E-state index is 13.4. The van der Waals surface area contributed by atoms with E-state index in [4.69, 9.17) is 42.6 Å². The van der Waals surface area contributed by atoms with Crippen LogP contribution in [-0.2, 0) is 61.8 Å². The zero-order chi connectivity index (χ0) is 43.1. The summed E-state index contributed by atoms with van der Waals surface area (Å²) in [4.78, 5) is 52.5. The monoisotopic (exact) mass is 829 g/mol. The van der Waals surface area contributed by atoms with Crippen LogP contribution in [0, 0.1) is 11.8 Å². The van der Waals surface area contributed by atoms with Crippen LogP contribution in [0.2, 0.25) is 0 Å². The average molecular weight is 830 g/mol. The number of aliphatic hydroxyl groups is 3. The van der Waals surface area contributed by atoms with Crippen LogP contribution in [0.1, 0.15) is 93.4 Å². The maximum absolute atomic E-state index is 13.4. The predicted octanol–water partition coefficient (Wildman–Crippen LogP) is 1.98. The molecule has 0 spiro atoms. The Morgan fingerprint density at radius 1 is 0.931 bits per heavy atom. The number of ether oxygens (including phenoxy) is 9. The number of aliphatic hydroxyl groups excluding tert-OH is 2. The third kappa shape index (κ3) is 12.5. The van der Waals surface area contributed by atoms with Gasteiger partial charge in [0.1, 0.15) is 48.5 Å². The molecule has 4 rings (SSSR count). The lowest BCUT2D eigenvalue weighted by Gasteiger charge is -2.50. The quantitative estimate of drug-likeness (QED) is 0.0842. The molecule has 332 valence electrons. The molecule has 17 heteroatoms. The lowest BCUT2D eigenvalue weighted by Crippen LogP contribution is -2.66. The fourth-order valence-corrected chi connectivity index (χ4v) is 8.36. The van der Waals surface area contributed by atoms with Gasteiger partial charge in [-0.2, -0.15) is 0 Å². The molecule has 0 aromatic heterocycles. The summed E-state index contributed by atoms with van der Waals surface area (Å²) >= 11 is 0. The molecule has 4 heterocycles. The minimum atomic E-state index is -1.49. The topological polar surface area (TPSA) is 219 Å². The lowest BCUT2D eigenvalue weighted by atomic mass is 9.82. The lowest BCUT2D eigenvalue weighted by molar-refractivity contribution is -0.344. The molecule has 0 bridgehead atoms. The van der Waals surface area contributed by atoms with Crippen LogP contribution in [0.5, 0.6) is 0 Å². The Morgan fingerprint density at radius 3 is 2.21 bits per heavy atom. The van der Waals surface area contributed by atoms with Crippen molar-refractivity contribution in [1.82, 2.24) is 4.90 Å². The van der Waals surface area contributed by atoms with Gasteiger partial charge in [0.05, 0.1) is 43.0 Å². The Hall–Kier alpha value is -2.58. The third-order valence-corrected chi connectivity index (χ3v) is 11.5. The van der Waals surface area contributed by atoms with Gasteiger partial charge in [0.25, 0.3) is 0 Å². The van der Waals surface area contributed by atoms with Crippen LogP contribution in [-0.4, -0.2) is 163 Å². The standard InChI is InChI=1S/C41H67NO16/c1-11-30(45)55-29-19-32(47)51-22(4)18-28-27(54-28)14-13-26(44)21(3)17-25(15-16-43)37(38(29)50-10)58-40-35(48)34(42(8)9)36(23(5)53-40)57-33-20-41(7,49)39(24(6)52-33)56-31(46)12-2/h13-14,16,21-29,33-40,44,48-49H,11-12,15,17-20H2,1-10H3/b14-13+/t21-,22-,23+,24-,25+,26+,27-,28+,29-,33+,34-,35-,36+,37+,38-,39+,40-,41+/m1/s1. The van der Waals surface area contributed by atoms with E-state index >= 15 is 0 Å². The van der Waals surface area contributed by atoms with Gasteiger partial charge in [0.2, 0.25) is 0 Å². The first-order valence-electron chi connectivity index (χ1n) is 20.6. The molecule has 0 unspecified atom stereocenters. The maximum Gasteiger partial charge on any atom is 0.309 e. The van der Waals surface area contributed by atoms with E-state index in [1.807, 2.05) is 6.92 Å². The van der Waals surface area contributed by atoms with Crippen molar-refractivity contribution in [2.45, 2.75) is 191 Å². The van der Waals surface area contributed by atoms with Gasteiger partial charge in [-0.1, -0.05) is 32.9 Å². The minimum Gasteiger partial charge on any atom is -0.462 e. The normalized spacial score (nSPS) is 43.4. The van der Waals surface area contributed by atoms with Crippen molar-refractivity contribution >= 4 is 24.2 Å². The number of hydrogen-bond acceptors (Lipinski definition) is 17. The number of epoxide rings is 1. The highest BCUT2D eigenvalue weighted by atomic mass is 16.7. The fourth-order valence-electron chi connectivity index (χ4n) is 8.36. The van der Waals surface area contributed by atoms with Crippen LogP contribution >= 0.6 is 0 Å². The second kappa shape index (κ2) is 21.3. The van der Waals surface area contributed by atoms with E-state index in [0.29, 0.717) is 12.7 Å². The molecule has 3 fully saturated rings. The zero-order valence-corrected chi connectivity index (χ0v) is 35.6. The number of fused-ring (bicyclic) bond motifs is 1. The molecular formula is C41H67NO16. The number of carbonyl (C=O) groups is 4. The van der Waals surface area contributed by atoms with Crippen LogP contribution in [0.25, 0.3) is 0 Å². The first kappa shape index (κ1) is 48.1. The number of rotatable bonds is 12. The molecule has 0 aromatic carbocycles. The number of nitrogens with zero attached hydrogens (tertiary/aromatic N) is 1. The molecule has 0 saturated carbocycles. The van der Waals surface area contributed by atoms with E-state index in [9.17, 15) is 34.5 Å². The second-order valence-electron chi connectivity index (χ2n) is 16.7. The molecule has 58 heavy (non-hydrogen) atoms. The van der Waals surface area contributed by atoms with Crippen molar-refractivity contribution in [3.63, 3.8) is 0 Å². The highest BCUT2D eigenvalue weighted by Gasteiger charge is 2.53. The number of hydrogen-bond donors (Lipinski definition) is 3. The van der Waals surface area contributed by atoms with Crippen molar-refractivity contribution < 1.29 is 77.1 Å². The highest BCUT2D eigenvalue weighted by Crippen LogP contribution is 2.38. The molecule has 18 atom stereocenters. The van der Waals surface area contributed by atoms with Crippen LogP contribution in [0.4, 0.5) is 0 Å². The summed E-state index contributed by atoms with van der Waals surface area (Å²) in [7, 11) is 4.86. The number of esters is 3. The van der Waals surface area contributed by atoms with E-state index in [0.717, 1.165) is 0 Å². The number of cyclic esters (lactones) is 1. The Kier molecular flexibility index (Phi) is 17.6. The molecule has 0 aliphatic carbocycles. The molecular weight excluding hydrogens is 762 g/mol. The molecule has 4 aliphatic heterocycles. The van der Waals surface area contributed by atoms with E-state index in [-0.39, 0.29) is 44.3 Å². The summed E-state index contributed by atoms with van der Waals surface area (Å²) in [5.74, 6) is -2.86. The van der Waals surface area contributed by atoms with Crippen LogP contribution in [0.15, 0.2) is 12.2 Å². The Morgan fingerprint density at radius 2 is 1.60 bits per heavy atom. The zero-order valence-electron chi connectivity index (χ0n) is 35.6. The number of likely N-dealkylation sites (N-methyl/N-ethyl adjacent to an activating group) is 1. The summed E-state index contributed by atoms with van der Waals surface area (Å²) in [6, 6.07) is -0.783. The molecule has 3 saturated heterocycles. The van der Waals surface area contributed by atoms with E-state index in [1.165, 1.54) is 7.11 Å². The van der Waals surface area contributed by atoms with E-state index in [1.54, 1.807) is 72.7 Å². The Balaban J connectivity index is 1.67. The fraction of sp³-hybridized carbons (Fsp3) is 0.854. The minimum absolute atomic E-state index is 0.00499. The van der Waals surface area contributed by atoms with Crippen molar-refractivity contribution in [3.05, 3.63) is 12.2 Å². The smallest absolute Gasteiger partial charge is 0.309 e. The SMILES string of the molecule is CCC(=O)O[C@@H]1CC(=O)O[C@H](C)C[C@@H]2O[C@@H]2/C=C/[C@H](O)[C@H](C)C[C@H](CC=O)[C@H](O[C@H]2O[C@@H](C)[C@H](O[C@H]3C[C@](C)(O)[C@@H](OC(=O)CC)[C@@H](C)O3)[C@H](N(C)C)[C@H]2O)[C@@H]1OC. The summed E-state index contributed by atoms with van der Waals surface area (Å²) < 4.78 is 54.4. The first-order chi connectivity index (χ1) is 27.3. The third-order valence-electron chi connectivity index (χ3n) is 11.5. The van der Waals surface area contributed by atoms with Gasteiger partial charge in [0.15, 0.2) is 18.7 Å². The van der Waals surface area contributed by atoms with Crippen molar-refractivity contribution in [2.75, 3.05) is 21.2 Å². The predicted molar refractivity (Wildman–Crippen MR) is 205 cm³/mol. The average Bonchev–Trinajstić information content (AvgIpc) is 3.89. The van der Waals surface area contributed by atoms with Crippen molar-refractivity contribution in [1.29, 1.82) is 0 Å². The number of carbonyl (C=O) groups excluding carboxylic acids is 4. The van der Waals surface area contributed by atoms with Gasteiger partial charge >= 0.3 is 17.9 Å². The van der Waals surface area contributed by atoms with Gasteiger partial charge in [-0.25, -0.2) is 0 Å². The molecule has 0 amide bonds. The second-order valence-corrected chi connectivity index (χ2v) is 16.7. The number of methoxy groups -OCH3 is 1. The Bertz CT molecular complexity index is 1390. The summed E-state index contributed by atoms with van der Waals surface area (Å²) in [6.07, 6.45) is -8.08. The first-order valence-corrected chi connectivity index (χ1v) is 20.6. The molecule has 0 radical (unpaired) electrons. The number of aldehydes is 1. The van der Waals surface area contributed by atoms with E-state index < -0.39 is 121 Å². The van der Waals surface area contributed by atoms with Gasteiger partial charge < -0.3 is 67.6 Å². The summed E-state index contributed by atoms with van der Waals surface area (Å²) in [5, 5.41) is 34.6. The largest absolute Gasteiger partial charge is 0.462 e. The van der Waals surface area contributed by atoms with Gasteiger partial charge in [-0.3, -0.25) is 14.4 Å². The van der Waals surface area contributed by atoms with Crippen molar-refractivity contribution in [2.24, 2.45) is 11.8 Å². The molecule has 3 N–H and O–H groups in total. The summed E-state index contributed by atoms with van der Waals surface area (Å²) in [6.45, 7) is 11.8. The van der Waals surface area contributed by atoms with Gasteiger partial charge in [0, 0.05) is 39.2 Å². The summed E-state index contributed by atoms with van der Waals surface area (Å²) in [5.41, 5.74) is -1.49. The van der Waals surface area contributed by atoms with Crippen molar-refractivity contribution in [3.8, 4) is 0 Å². The van der Waals surface area contributed by atoms with Crippen LogP contribution < -0.4 is 0 Å².